The molecule has 0 unspecified atom stereocenters. The van der Waals surface area contributed by atoms with Crippen LogP contribution in [-0.4, -0.2) is 49.0 Å². The van der Waals surface area contributed by atoms with E-state index in [0.29, 0.717) is 13.1 Å². The van der Waals surface area contributed by atoms with Crippen LogP contribution in [0.1, 0.15) is 25.7 Å². The first-order valence-corrected chi connectivity index (χ1v) is 6.03. The molecular formula is C11H18N2O3. The van der Waals surface area contributed by atoms with Gasteiger partial charge in [0.05, 0.1) is 32.2 Å². The van der Waals surface area contributed by atoms with E-state index in [1.165, 1.54) is 30.6 Å². The highest BCUT2D eigenvalue weighted by Gasteiger charge is 2.31. The molecule has 0 atom stereocenters. The second kappa shape index (κ2) is 4.82. The van der Waals surface area contributed by atoms with Gasteiger partial charge in [-0.25, -0.2) is 0 Å². The number of carbonyl (C=O) groups excluding carboxylic acids is 2. The van der Waals surface area contributed by atoms with Crippen LogP contribution >= 0.6 is 0 Å². The minimum absolute atomic E-state index is 0.554. The maximum atomic E-state index is 11.2. The van der Waals surface area contributed by atoms with Crippen molar-refractivity contribution in [2.45, 2.75) is 31.7 Å². The molecule has 5 heteroatoms. The summed E-state index contributed by atoms with van der Waals surface area (Å²) in [5, 5.41) is 10.4. The van der Waals surface area contributed by atoms with Gasteiger partial charge in [-0.3, -0.25) is 4.79 Å². The van der Waals surface area contributed by atoms with Crippen molar-refractivity contribution in [3.05, 3.63) is 0 Å². The third-order valence-corrected chi connectivity index (χ3v) is 3.80. The highest BCUT2D eigenvalue weighted by atomic mass is 16.4. The van der Waals surface area contributed by atoms with Gasteiger partial charge in [-0.1, -0.05) is 0 Å². The monoisotopic (exact) mass is 226 g/mol. The Hall–Kier alpha value is -1.10. The van der Waals surface area contributed by atoms with Crippen LogP contribution in [0.3, 0.4) is 0 Å². The van der Waals surface area contributed by atoms with Gasteiger partial charge in [0.2, 0.25) is 0 Å². The molecule has 0 aromatic heterocycles. The van der Waals surface area contributed by atoms with Crippen molar-refractivity contribution in [1.82, 2.24) is 4.90 Å². The van der Waals surface area contributed by atoms with E-state index in [2.05, 4.69) is 0 Å². The average Bonchev–Trinajstić information content (AvgIpc) is 2.81. The van der Waals surface area contributed by atoms with E-state index in [9.17, 15) is 14.7 Å². The molecule has 1 aliphatic heterocycles. The Morgan fingerprint density at radius 1 is 1.12 bits per heavy atom. The largest absolute Gasteiger partial charge is 0.540 e. The Bertz CT molecular complexity index is 279. The van der Waals surface area contributed by atoms with E-state index in [1.807, 2.05) is 0 Å². The topological polar surface area (TPSA) is 64.9 Å². The third-order valence-electron chi connectivity index (χ3n) is 3.80. The summed E-state index contributed by atoms with van der Waals surface area (Å²) in [6, 6.07) is 0.736. The van der Waals surface area contributed by atoms with E-state index in [0.717, 1.165) is 19.1 Å². The summed E-state index contributed by atoms with van der Waals surface area (Å²) in [6.45, 7) is 2.87. The Kier molecular flexibility index (Phi) is 3.43. The van der Waals surface area contributed by atoms with E-state index in [1.54, 1.807) is 4.90 Å². The zero-order chi connectivity index (χ0) is 11.5. The summed E-state index contributed by atoms with van der Waals surface area (Å²) in [5.74, 6) is -2.44. The second-order valence-electron chi connectivity index (χ2n) is 4.72. The fourth-order valence-corrected chi connectivity index (χ4v) is 2.87. The van der Waals surface area contributed by atoms with Gasteiger partial charge < -0.3 is 19.7 Å². The lowest BCUT2D eigenvalue weighted by atomic mass is 10.2. The normalized spacial score (nSPS) is 23.6. The number of amides is 1. The number of piperazine rings is 1. The molecule has 2 aliphatic rings. The Morgan fingerprint density at radius 3 is 2.19 bits per heavy atom. The van der Waals surface area contributed by atoms with Gasteiger partial charge in [0, 0.05) is 0 Å². The molecule has 0 aromatic carbocycles. The lowest BCUT2D eigenvalue weighted by molar-refractivity contribution is -0.928. The molecule has 1 saturated heterocycles. The molecule has 1 saturated carbocycles. The van der Waals surface area contributed by atoms with Crippen LogP contribution in [0.25, 0.3) is 0 Å². The quantitative estimate of drug-likeness (QED) is 0.499. The highest BCUT2D eigenvalue weighted by molar-refractivity contribution is 6.30. The maximum absolute atomic E-state index is 11.2. The van der Waals surface area contributed by atoms with E-state index < -0.39 is 11.9 Å². The van der Waals surface area contributed by atoms with Crippen LogP contribution < -0.4 is 10.0 Å². The first-order valence-electron chi connectivity index (χ1n) is 6.03. The van der Waals surface area contributed by atoms with Gasteiger partial charge in [0.25, 0.3) is 5.91 Å². The van der Waals surface area contributed by atoms with Crippen LogP contribution in [0.4, 0.5) is 0 Å². The predicted octanol–water partition coefficient (Wildman–Crippen LogP) is -2.59. The van der Waals surface area contributed by atoms with Crippen LogP contribution in [-0.2, 0) is 9.59 Å². The fraction of sp³-hybridized carbons (Fsp3) is 0.818. The standard InChI is InChI=1S/C11H18N2O3/c14-10(11(15)16)13-7-5-12(6-8-13)9-3-1-2-4-9/h9H,1-8H2,(H,15,16). The first-order chi connectivity index (χ1) is 7.68. The van der Waals surface area contributed by atoms with Crippen molar-refractivity contribution in [3.8, 4) is 0 Å². The third kappa shape index (κ3) is 2.35. The molecule has 0 radical (unpaired) electrons. The number of rotatable bonds is 1. The lowest BCUT2D eigenvalue weighted by Gasteiger charge is -2.35. The minimum atomic E-state index is -1.58. The lowest BCUT2D eigenvalue weighted by Crippen LogP contribution is -3.18. The molecule has 0 aromatic rings. The average molecular weight is 226 g/mol. The van der Waals surface area contributed by atoms with Crippen LogP contribution in [0.2, 0.25) is 0 Å². The van der Waals surface area contributed by atoms with Crippen molar-refractivity contribution in [2.24, 2.45) is 0 Å². The van der Waals surface area contributed by atoms with Crippen LogP contribution in [0.15, 0.2) is 0 Å². The van der Waals surface area contributed by atoms with Crippen molar-refractivity contribution in [2.75, 3.05) is 26.2 Å². The zero-order valence-corrected chi connectivity index (χ0v) is 9.41. The number of aliphatic carboxylic acids is 1. The van der Waals surface area contributed by atoms with Gasteiger partial charge >= 0.3 is 0 Å². The Labute approximate surface area is 95.0 Å². The Balaban J connectivity index is 1.82. The molecule has 1 heterocycles. The number of nitrogens with zero attached hydrogens (tertiary/aromatic N) is 1. The summed E-state index contributed by atoms with van der Waals surface area (Å²) >= 11 is 0. The number of hydrogen-bond acceptors (Lipinski definition) is 3. The highest BCUT2D eigenvalue weighted by Crippen LogP contribution is 2.15. The molecule has 90 valence electrons. The summed E-state index contributed by atoms with van der Waals surface area (Å²) < 4.78 is 0. The number of carbonyl (C=O) groups is 2. The second-order valence-corrected chi connectivity index (χ2v) is 4.72. The summed E-state index contributed by atoms with van der Waals surface area (Å²) in [5.41, 5.74) is 0. The fourth-order valence-electron chi connectivity index (χ4n) is 2.87. The summed E-state index contributed by atoms with van der Waals surface area (Å²) in [6.07, 6.45) is 5.19. The van der Waals surface area contributed by atoms with Crippen LogP contribution in [0, 0.1) is 0 Å². The number of hydrogen-bond donors (Lipinski definition) is 1. The van der Waals surface area contributed by atoms with E-state index in [-0.39, 0.29) is 0 Å². The van der Waals surface area contributed by atoms with Gasteiger partial charge in [-0.2, -0.15) is 0 Å². The summed E-state index contributed by atoms with van der Waals surface area (Å²) in [7, 11) is 0. The molecule has 0 bridgehead atoms. The molecule has 2 rings (SSSR count). The minimum Gasteiger partial charge on any atom is -0.540 e. The van der Waals surface area contributed by atoms with Gasteiger partial charge in [-0.05, 0) is 25.7 Å². The summed E-state index contributed by atoms with van der Waals surface area (Å²) in [4.78, 5) is 24.5. The van der Waals surface area contributed by atoms with Crippen molar-refractivity contribution in [3.63, 3.8) is 0 Å². The number of carboxylic acid groups (broad SMARTS) is 1. The van der Waals surface area contributed by atoms with Crippen molar-refractivity contribution < 1.29 is 19.6 Å². The zero-order valence-electron chi connectivity index (χ0n) is 9.41. The van der Waals surface area contributed by atoms with Crippen molar-refractivity contribution >= 4 is 11.9 Å². The molecular weight excluding hydrogens is 208 g/mol. The van der Waals surface area contributed by atoms with Gasteiger partial charge in [0.1, 0.15) is 5.97 Å². The maximum Gasteiger partial charge on any atom is 0.269 e. The molecule has 1 aliphatic carbocycles. The molecule has 2 fully saturated rings. The van der Waals surface area contributed by atoms with Gasteiger partial charge in [-0.15, -0.1) is 0 Å². The Morgan fingerprint density at radius 2 is 1.69 bits per heavy atom. The van der Waals surface area contributed by atoms with Crippen LogP contribution in [0.5, 0.6) is 0 Å². The predicted molar refractivity (Wildman–Crippen MR) is 54.5 cm³/mol. The molecule has 5 nitrogen and oxygen atoms in total. The van der Waals surface area contributed by atoms with E-state index in [4.69, 9.17) is 0 Å². The first kappa shape index (κ1) is 11.4. The van der Waals surface area contributed by atoms with Crippen molar-refractivity contribution in [1.29, 1.82) is 0 Å². The van der Waals surface area contributed by atoms with E-state index >= 15 is 0 Å². The molecule has 16 heavy (non-hydrogen) atoms. The number of carboxylic acids is 1. The SMILES string of the molecule is O=C([O-])C(=O)N1CC[NH+](C2CCCC2)CC1. The smallest absolute Gasteiger partial charge is 0.269 e. The molecule has 1 N–H and O–H groups in total. The number of nitrogens with one attached hydrogen (secondary N) is 1. The van der Waals surface area contributed by atoms with Gasteiger partial charge in [0.15, 0.2) is 0 Å². The molecule has 1 amide bonds. The molecule has 0 spiro atoms. The number of quaternary nitrogens is 1.